The molecule has 1 aromatic rings. The highest BCUT2D eigenvalue weighted by Gasteiger charge is 2.28. The lowest BCUT2D eigenvalue weighted by molar-refractivity contribution is -0.128. The molecule has 122 valence electrons. The number of ether oxygens (including phenoxy) is 2. The summed E-state index contributed by atoms with van der Waals surface area (Å²) in [6.45, 7) is 3.41. The Kier molecular flexibility index (Phi) is 5.13. The van der Waals surface area contributed by atoms with Gasteiger partial charge in [0.1, 0.15) is 19.5 Å². The van der Waals surface area contributed by atoms with Crippen molar-refractivity contribution in [3.63, 3.8) is 0 Å². The van der Waals surface area contributed by atoms with Crippen molar-refractivity contribution in [2.24, 2.45) is 4.99 Å². The molecule has 0 unspecified atom stereocenters. The van der Waals surface area contributed by atoms with Gasteiger partial charge in [-0.25, -0.2) is 4.99 Å². The Morgan fingerprint density at radius 2 is 2.26 bits per heavy atom. The normalized spacial score (nSPS) is 19.8. The molecule has 1 saturated heterocycles. The number of benzene rings is 1. The van der Waals surface area contributed by atoms with Crippen LogP contribution in [0.3, 0.4) is 0 Å². The van der Waals surface area contributed by atoms with E-state index in [9.17, 15) is 4.79 Å². The molecule has 1 aromatic carbocycles. The fourth-order valence-corrected chi connectivity index (χ4v) is 3.35. The summed E-state index contributed by atoms with van der Waals surface area (Å²) in [5.74, 6) is 0.945. The van der Waals surface area contributed by atoms with E-state index in [2.05, 4.69) is 4.99 Å². The molecule has 1 amide bonds. The van der Waals surface area contributed by atoms with Crippen molar-refractivity contribution >= 4 is 40.1 Å². The van der Waals surface area contributed by atoms with Crippen LogP contribution in [0.25, 0.3) is 0 Å². The number of amides is 1. The molecule has 1 fully saturated rings. The number of aliphatic imine (C=N–C) groups is 1. The first-order valence-corrected chi connectivity index (χ1v) is 8.75. The Morgan fingerprint density at radius 3 is 3.00 bits per heavy atom. The highest BCUT2D eigenvalue weighted by molar-refractivity contribution is 8.13. The van der Waals surface area contributed by atoms with Crippen molar-refractivity contribution in [1.82, 2.24) is 4.90 Å². The van der Waals surface area contributed by atoms with E-state index in [4.69, 9.17) is 21.1 Å². The topological polar surface area (TPSA) is 51.1 Å². The van der Waals surface area contributed by atoms with E-state index in [0.29, 0.717) is 29.9 Å². The molecule has 2 heterocycles. The number of hydrogen-bond acceptors (Lipinski definition) is 5. The van der Waals surface area contributed by atoms with Gasteiger partial charge in [0.25, 0.3) is 5.91 Å². The Balaban J connectivity index is 1.85. The van der Waals surface area contributed by atoms with Gasteiger partial charge in [-0.2, -0.15) is 0 Å². The number of amidine groups is 1. The number of rotatable bonds is 2. The summed E-state index contributed by atoms with van der Waals surface area (Å²) in [5, 5.41) is 1.33. The fourth-order valence-electron chi connectivity index (χ4n) is 2.22. The lowest BCUT2D eigenvalue weighted by Crippen LogP contribution is -2.41. The molecule has 2 aliphatic rings. The molecular formula is C16H17ClN2O3S. The highest BCUT2D eigenvalue weighted by atomic mass is 35.5. The zero-order valence-electron chi connectivity index (χ0n) is 12.8. The molecule has 0 N–H and O–H groups in total. The van der Waals surface area contributed by atoms with E-state index in [0.717, 1.165) is 23.4 Å². The highest BCUT2D eigenvalue weighted by Crippen LogP contribution is 2.27. The first-order valence-electron chi connectivity index (χ1n) is 7.39. The quantitative estimate of drug-likeness (QED) is 0.817. The van der Waals surface area contributed by atoms with Crippen LogP contribution >= 0.6 is 23.4 Å². The molecule has 0 radical (unpaired) electrons. The Morgan fingerprint density at radius 1 is 1.39 bits per heavy atom. The van der Waals surface area contributed by atoms with Crippen molar-refractivity contribution in [3.8, 4) is 0 Å². The maximum absolute atomic E-state index is 12.6. The smallest absolute Gasteiger partial charge is 0.298 e. The van der Waals surface area contributed by atoms with Crippen molar-refractivity contribution < 1.29 is 14.3 Å². The molecule has 0 aliphatic carbocycles. The molecule has 2 aliphatic heterocycles. The molecule has 23 heavy (non-hydrogen) atoms. The SMILES string of the molecule is Cc1ccc(N=C2SCCCN2C(=O)C2=COCCO2)cc1Cl. The zero-order valence-corrected chi connectivity index (χ0v) is 14.3. The molecule has 0 saturated carbocycles. The number of nitrogens with zero attached hydrogens (tertiary/aromatic N) is 2. The minimum atomic E-state index is -0.214. The Hall–Kier alpha value is -1.66. The van der Waals surface area contributed by atoms with E-state index >= 15 is 0 Å². The van der Waals surface area contributed by atoms with Crippen LogP contribution < -0.4 is 0 Å². The molecule has 0 spiro atoms. The minimum Gasteiger partial charge on any atom is -0.494 e. The number of thioether (sulfide) groups is 1. The van der Waals surface area contributed by atoms with Gasteiger partial charge in [-0.15, -0.1) is 0 Å². The van der Waals surface area contributed by atoms with E-state index in [1.807, 2.05) is 19.1 Å². The van der Waals surface area contributed by atoms with E-state index in [1.165, 1.54) is 6.26 Å². The third-order valence-electron chi connectivity index (χ3n) is 3.47. The third-order valence-corrected chi connectivity index (χ3v) is 4.94. The molecule has 5 nitrogen and oxygen atoms in total. The van der Waals surface area contributed by atoms with Crippen LogP contribution in [-0.2, 0) is 14.3 Å². The van der Waals surface area contributed by atoms with Crippen molar-refractivity contribution in [2.45, 2.75) is 13.3 Å². The van der Waals surface area contributed by atoms with Gasteiger partial charge in [0, 0.05) is 17.3 Å². The summed E-state index contributed by atoms with van der Waals surface area (Å²) in [4.78, 5) is 18.8. The summed E-state index contributed by atoms with van der Waals surface area (Å²) < 4.78 is 10.6. The average Bonchev–Trinajstić information content (AvgIpc) is 2.59. The predicted octanol–water partition coefficient (Wildman–Crippen LogP) is 3.49. The predicted molar refractivity (Wildman–Crippen MR) is 92.1 cm³/mol. The number of carbonyl (C=O) groups excluding carboxylic acids is 1. The van der Waals surface area contributed by atoms with Gasteiger partial charge in [0.15, 0.2) is 5.17 Å². The summed E-state index contributed by atoms with van der Waals surface area (Å²) in [6, 6.07) is 5.62. The first-order chi connectivity index (χ1) is 11.1. The maximum atomic E-state index is 12.6. The lowest BCUT2D eigenvalue weighted by Gasteiger charge is -2.29. The van der Waals surface area contributed by atoms with Gasteiger partial charge in [-0.1, -0.05) is 29.4 Å². The summed E-state index contributed by atoms with van der Waals surface area (Å²) >= 11 is 7.71. The van der Waals surface area contributed by atoms with Gasteiger partial charge >= 0.3 is 0 Å². The minimum absolute atomic E-state index is 0.214. The van der Waals surface area contributed by atoms with Crippen LogP contribution in [0.1, 0.15) is 12.0 Å². The monoisotopic (exact) mass is 352 g/mol. The second kappa shape index (κ2) is 7.27. The van der Waals surface area contributed by atoms with Crippen molar-refractivity contribution in [1.29, 1.82) is 0 Å². The number of halogens is 1. The van der Waals surface area contributed by atoms with Crippen LogP contribution in [0.5, 0.6) is 0 Å². The Labute approximate surface area is 144 Å². The van der Waals surface area contributed by atoms with Crippen LogP contribution in [-0.4, -0.2) is 41.5 Å². The Bertz CT molecular complexity index is 675. The van der Waals surface area contributed by atoms with Gasteiger partial charge in [-0.3, -0.25) is 9.69 Å². The van der Waals surface area contributed by atoms with Crippen LogP contribution in [0.15, 0.2) is 35.2 Å². The third kappa shape index (κ3) is 3.82. The van der Waals surface area contributed by atoms with Gasteiger partial charge in [0.2, 0.25) is 5.76 Å². The average molecular weight is 353 g/mol. The van der Waals surface area contributed by atoms with Crippen molar-refractivity contribution in [2.75, 3.05) is 25.5 Å². The molecule has 0 bridgehead atoms. The van der Waals surface area contributed by atoms with Crippen LogP contribution in [0.4, 0.5) is 5.69 Å². The summed E-state index contributed by atoms with van der Waals surface area (Å²) in [6.07, 6.45) is 2.30. The zero-order chi connectivity index (χ0) is 16.2. The number of hydrogen-bond donors (Lipinski definition) is 0. The molecule has 0 aromatic heterocycles. The van der Waals surface area contributed by atoms with Gasteiger partial charge in [0.05, 0.1) is 5.69 Å². The molecule has 0 atom stereocenters. The van der Waals surface area contributed by atoms with Crippen LogP contribution in [0.2, 0.25) is 5.02 Å². The molecule has 3 rings (SSSR count). The second-order valence-electron chi connectivity index (χ2n) is 5.19. The largest absolute Gasteiger partial charge is 0.494 e. The first kappa shape index (κ1) is 16.2. The number of aryl methyl sites for hydroxylation is 1. The molecular weight excluding hydrogens is 336 g/mol. The maximum Gasteiger partial charge on any atom is 0.298 e. The summed E-state index contributed by atoms with van der Waals surface area (Å²) in [5.41, 5.74) is 1.73. The van der Waals surface area contributed by atoms with E-state index < -0.39 is 0 Å². The van der Waals surface area contributed by atoms with Gasteiger partial charge < -0.3 is 9.47 Å². The fraction of sp³-hybridized carbons (Fsp3) is 0.375. The lowest BCUT2D eigenvalue weighted by atomic mass is 10.2. The van der Waals surface area contributed by atoms with E-state index in [-0.39, 0.29) is 11.7 Å². The number of carbonyl (C=O) groups is 1. The second-order valence-corrected chi connectivity index (χ2v) is 6.66. The summed E-state index contributed by atoms with van der Waals surface area (Å²) in [7, 11) is 0. The van der Waals surface area contributed by atoms with E-state index in [1.54, 1.807) is 22.7 Å². The molecule has 7 heteroatoms. The van der Waals surface area contributed by atoms with Crippen LogP contribution in [0, 0.1) is 6.92 Å². The van der Waals surface area contributed by atoms with Crippen molar-refractivity contribution in [3.05, 3.63) is 40.8 Å². The standard InChI is InChI=1S/C16H17ClN2O3S/c1-11-3-4-12(9-13(11)17)18-16-19(5-2-8-23-16)15(20)14-10-21-6-7-22-14/h3-4,9-10H,2,5-8H2,1H3. The van der Waals surface area contributed by atoms with Gasteiger partial charge in [-0.05, 0) is 31.0 Å².